The molecule has 1 saturated heterocycles. The smallest absolute Gasteiger partial charge is 0.336 e. The first-order chi connectivity index (χ1) is 14.6. The third-order valence-electron chi connectivity index (χ3n) is 5.04. The van der Waals surface area contributed by atoms with E-state index in [1.807, 2.05) is 4.90 Å². The van der Waals surface area contributed by atoms with Crippen LogP contribution in [0.1, 0.15) is 33.2 Å². The molecule has 9 heteroatoms. The van der Waals surface area contributed by atoms with Crippen molar-refractivity contribution in [3.63, 3.8) is 0 Å². The number of rotatable bonds is 5. The first-order valence-corrected chi connectivity index (χ1v) is 9.74. The Morgan fingerprint density at radius 1 is 0.968 bits per heavy atom. The summed E-state index contributed by atoms with van der Waals surface area (Å²) in [5, 5.41) is 2.73. The molecule has 164 valence electrons. The maximum absolute atomic E-state index is 13.2. The highest BCUT2D eigenvalue weighted by Gasteiger charge is 2.36. The highest BCUT2D eigenvalue weighted by molar-refractivity contribution is 5.97. The average Bonchev–Trinajstić information content (AvgIpc) is 2.73. The Morgan fingerprint density at radius 2 is 1.65 bits per heavy atom. The number of alkyl halides is 3. The van der Waals surface area contributed by atoms with Crippen molar-refractivity contribution in [3.8, 4) is 0 Å². The number of piperazine rings is 1. The third-order valence-corrected chi connectivity index (χ3v) is 5.04. The molecule has 0 saturated carbocycles. The van der Waals surface area contributed by atoms with Crippen LogP contribution < -0.4 is 5.32 Å². The number of halogens is 3. The highest BCUT2D eigenvalue weighted by Crippen LogP contribution is 2.32. The van der Waals surface area contributed by atoms with Gasteiger partial charge in [0.05, 0.1) is 17.7 Å². The minimum Gasteiger partial charge on any atom is -0.336 e. The molecular weight excluding hydrogens is 411 g/mol. The molecule has 0 atom stereocenters. The molecule has 6 nitrogen and oxygen atoms in total. The van der Waals surface area contributed by atoms with Crippen LogP contribution in [-0.2, 0) is 11.0 Å². The van der Waals surface area contributed by atoms with Crippen LogP contribution >= 0.6 is 0 Å². The SMILES string of the molecule is CC(=O)c1cccc(NC(=O)CN2CCN(C(=O)c3ccccc3C(F)(F)F)CC2)c1. The molecule has 2 aromatic rings. The van der Waals surface area contributed by atoms with Crippen LogP contribution in [0.5, 0.6) is 0 Å². The van der Waals surface area contributed by atoms with Gasteiger partial charge in [-0.3, -0.25) is 19.3 Å². The standard InChI is InChI=1S/C22H22F3N3O3/c1-15(29)16-5-4-6-17(13-16)26-20(30)14-27-9-11-28(12-10-27)21(31)18-7-2-3-8-19(18)22(23,24)25/h2-8,13H,9-12,14H2,1H3,(H,26,30). The maximum atomic E-state index is 13.2. The van der Waals surface area contributed by atoms with Crippen molar-refractivity contribution in [2.45, 2.75) is 13.1 Å². The van der Waals surface area contributed by atoms with Gasteiger partial charge in [0.1, 0.15) is 0 Å². The van der Waals surface area contributed by atoms with Crippen molar-refractivity contribution in [3.05, 3.63) is 65.2 Å². The molecular formula is C22H22F3N3O3. The molecule has 0 unspecified atom stereocenters. The fraction of sp³-hybridized carbons (Fsp3) is 0.318. The average molecular weight is 433 g/mol. The van der Waals surface area contributed by atoms with E-state index in [-0.39, 0.29) is 36.9 Å². The van der Waals surface area contributed by atoms with Crippen molar-refractivity contribution >= 4 is 23.3 Å². The fourth-order valence-electron chi connectivity index (χ4n) is 3.42. The summed E-state index contributed by atoms with van der Waals surface area (Å²) in [7, 11) is 0. The van der Waals surface area contributed by atoms with Crippen molar-refractivity contribution in [2.24, 2.45) is 0 Å². The summed E-state index contributed by atoms with van der Waals surface area (Å²) in [5.74, 6) is -1.05. The van der Waals surface area contributed by atoms with E-state index in [0.29, 0.717) is 24.3 Å². The number of hydrogen-bond donors (Lipinski definition) is 1. The Morgan fingerprint density at radius 3 is 2.29 bits per heavy atom. The summed E-state index contributed by atoms with van der Waals surface area (Å²) in [6.07, 6.45) is -4.61. The first kappa shape index (κ1) is 22.5. The van der Waals surface area contributed by atoms with Gasteiger partial charge in [-0.2, -0.15) is 13.2 Å². The summed E-state index contributed by atoms with van der Waals surface area (Å²) in [4.78, 5) is 39.6. The van der Waals surface area contributed by atoms with Crippen LogP contribution in [0.2, 0.25) is 0 Å². The molecule has 1 fully saturated rings. The van der Waals surface area contributed by atoms with Crippen molar-refractivity contribution < 1.29 is 27.6 Å². The summed E-state index contributed by atoms with van der Waals surface area (Å²) < 4.78 is 39.6. The zero-order chi connectivity index (χ0) is 22.6. The quantitative estimate of drug-likeness (QED) is 0.735. The van der Waals surface area contributed by atoms with Gasteiger partial charge in [-0.25, -0.2) is 0 Å². The molecule has 2 amide bonds. The molecule has 1 aliphatic rings. The van der Waals surface area contributed by atoms with Crippen LogP contribution in [-0.4, -0.2) is 60.1 Å². The molecule has 0 spiro atoms. The second-order valence-electron chi connectivity index (χ2n) is 7.30. The lowest BCUT2D eigenvalue weighted by atomic mass is 10.1. The number of hydrogen-bond acceptors (Lipinski definition) is 4. The molecule has 31 heavy (non-hydrogen) atoms. The minimum absolute atomic E-state index is 0.0749. The molecule has 2 aromatic carbocycles. The van der Waals surface area contributed by atoms with Crippen LogP contribution in [0, 0.1) is 0 Å². The normalized spacial score (nSPS) is 14.9. The van der Waals surface area contributed by atoms with Crippen molar-refractivity contribution in [1.82, 2.24) is 9.80 Å². The minimum atomic E-state index is -4.61. The summed E-state index contributed by atoms with van der Waals surface area (Å²) in [6, 6.07) is 11.3. The number of carbonyl (C=O) groups excluding carboxylic acids is 3. The van der Waals surface area contributed by atoms with Gasteiger partial charge in [-0.15, -0.1) is 0 Å². The van der Waals surface area contributed by atoms with E-state index in [4.69, 9.17) is 0 Å². The highest BCUT2D eigenvalue weighted by atomic mass is 19.4. The number of carbonyl (C=O) groups is 3. The Kier molecular flexibility index (Phi) is 6.74. The third kappa shape index (κ3) is 5.69. The summed E-state index contributed by atoms with van der Waals surface area (Å²) >= 11 is 0. The van der Waals surface area contributed by atoms with E-state index in [0.717, 1.165) is 6.07 Å². The zero-order valence-corrected chi connectivity index (χ0v) is 16.9. The van der Waals surface area contributed by atoms with Crippen LogP contribution in [0.3, 0.4) is 0 Å². The molecule has 1 N–H and O–H groups in total. The number of benzene rings is 2. The monoisotopic (exact) mass is 433 g/mol. The molecule has 3 rings (SSSR count). The van der Waals surface area contributed by atoms with Gasteiger partial charge in [0, 0.05) is 37.4 Å². The van der Waals surface area contributed by atoms with Gasteiger partial charge >= 0.3 is 6.18 Å². The van der Waals surface area contributed by atoms with E-state index >= 15 is 0 Å². The molecule has 0 aliphatic carbocycles. The van der Waals surface area contributed by atoms with Gasteiger partial charge in [0.15, 0.2) is 5.78 Å². The molecule has 0 radical (unpaired) electrons. The van der Waals surface area contributed by atoms with E-state index in [9.17, 15) is 27.6 Å². The first-order valence-electron chi connectivity index (χ1n) is 9.74. The largest absolute Gasteiger partial charge is 0.417 e. The van der Waals surface area contributed by atoms with Gasteiger partial charge in [0.2, 0.25) is 5.91 Å². The second kappa shape index (κ2) is 9.30. The van der Waals surface area contributed by atoms with Crippen LogP contribution in [0.25, 0.3) is 0 Å². The lowest BCUT2D eigenvalue weighted by Gasteiger charge is -2.34. The summed E-state index contributed by atoms with van der Waals surface area (Å²) in [6.45, 7) is 2.68. The number of ketones is 1. The van der Waals surface area contributed by atoms with Gasteiger partial charge in [-0.05, 0) is 31.2 Å². The molecule has 1 aliphatic heterocycles. The topological polar surface area (TPSA) is 69.7 Å². The van der Waals surface area contributed by atoms with Gasteiger partial charge in [-0.1, -0.05) is 24.3 Å². The number of nitrogens with one attached hydrogen (secondary N) is 1. The van der Waals surface area contributed by atoms with Crippen LogP contribution in [0.4, 0.5) is 18.9 Å². The number of nitrogens with zero attached hydrogens (tertiary/aromatic N) is 2. The van der Waals surface area contributed by atoms with Gasteiger partial charge in [0.25, 0.3) is 5.91 Å². The predicted molar refractivity (Wildman–Crippen MR) is 109 cm³/mol. The van der Waals surface area contributed by atoms with Crippen molar-refractivity contribution in [1.29, 1.82) is 0 Å². The Hall–Kier alpha value is -3.20. The number of anilines is 1. The van der Waals surface area contributed by atoms with E-state index in [1.165, 1.54) is 30.0 Å². The predicted octanol–water partition coefficient (Wildman–Crippen LogP) is 3.30. The molecule has 1 heterocycles. The number of Topliss-reactive ketones (excluding diaryl/α,β-unsaturated/α-hetero) is 1. The zero-order valence-electron chi connectivity index (χ0n) is 16.9. The van der Waals surface area contributed by atoms with Crippen LogP contribution in [0.15, 0.2) is 48.5 Å². The Labute approximate surface area is 177 Å². The number of amides is 2. The van der Waals surface area contributed by atoms with E-state index in [2.05, 4.69) is 5.32 Å². The Balaban J connectivity index is 1.55. The van der Waals surface area contributed by atoms with Gasteiger partial charge < -0.3 is 10.2 Å². The lowest BCUT2D eigenvalue weighted by molar-refractivity contribution is -0.138. The van der Waals surface area contributed by atoms with E-state index in [1.54, 1.807) is 24.3 Å². The Bertz CT molecular complexity index is 983. The molecule has 0 aromatic heterocycles. The maximum Gasteiger partial charge on any atom is 0.417 e. The van der Waals surface area contributed by atoms with Crippen molar-refractivity contribution in [2.75, 3.05) is 38.0 Å². The summed E-state index contributed by atoms with van der Waals surface area (Å²) in [5.41, 5.74) is -0.319. The lowest BCUT2D eigenvalue weighted by Crippen LogP contribution is -2.50. The second-order valence-corrected chi connectivity index (χ2v) is 7.30. The molecule has 0 bridgehead atoms. The fourth-order valence-corrected chi connectivity index (χ4v) is 3.42. The van der Waals surface area contributed by atoms with E-state index < -0.39 is 17.6 Å².